The van der Waals surface area contributed by atoms with Crippen molar-refractivity contribution < 1.29 is 0 Å². The number of thiazole rings is 1. The fourth-order valence-corrected chi connectivity index (χ4v) is 5.06. The van der Waals surface area contributed by atoms with E-state index in [4.69, 9.17) is 17.3 Å². The van der Waals surface area contributed by atoms with E-state index >= 15 is 0 Å². The van der Waals surface area contributed by atoms with Gasteiger partial charge in [0, 0.05) is 25.0 Å². The molecule has 7 heteroatoms. The molecule has 1 saturated heterocycles. The Morgan fingerprint density at radius 2 is 2.12 bits per heavy atom. The van der Waals surface area contributed by atoms with Gasteiger partial charge in [-0.3, -0.25) is 14.3 Å². The topological polar surface area (TPSA) is 38.4 Å². The molecule has 3 aromatic heterocycles. The van der Waals surface area contributed by atoms with Gasteiger partial charge in [-0.05, 0) is 48.8 Å². The molecule has 4 aromatic rings. The highest BCUT2D eigenvalue weighted by atomic mass is 32.1. The molecule has 1 aromatic carbocycles. The van der Waals surface area contributed by atoms with Crippen LogP contribution in [0.3, 0.4) is 0 Å². The average molecular weight is 368 g/mol. The normalized spacial score (nSPS) is 18.5. The van der Waals surface area contributed by atoms with Crippen molar-refractivity contribution in [1.29, 1.82) is 0 Å². The molecule has 4 heterocycles. The van der Waals surface area contributed by atoms with Crippen LogP contribution in [-0.2, 0) is 6.67 Å². The fourth-order valence-electron chi connectivity index (χ4n) is 3.70. The van der Waals surface area contributed by atoms with Crippen LogP contribution in [0.25, 0.3) is 15.2 Å². The Bertz CT molecular complexity index is 1100. The van der Waals surface area contributed by atoms with Crippen molar-refractivity contribution in [2.45, 2.75) is 25.6 Å². The smallest absolute Gasteiger partial charge is 0.216 e. The number of rotatable bonds is 3. The lowest BCUT2D eigenvalue weighted by atomic mass is 10.1. The van der Waals surface area contributed by atoms with Gasteiger partial charge in [-0.2, -0.15) is 0 Å². The summed E-state index contributed by atoms with van der Waals surface area (Å²) in [6.45, 7) is 1.79. The SMILES string of the molecule is S=c1n(CN2CCCC2c2cccnc2)nc2sc3ccccc3n12. The van der Waals surface area contributed by atoms with E-state index in [1.54, 1.807) is 11.3 Å². The van der Waals surface area contributed by atoms with E-state index in [-0.39, 0.29) is 0 Å². The van der Waals surface area contributed by atoms with Crippen LogP contribution in [0.1, 0.15) is 24.4 Å². The molecule has 0 saturated carbocycles. The summed E-state index contributed by atoms with van der Waals surface area (Å²) in [5, 5.41) is 4.78. The number of benzene rings is 1. The molecule has 1 atom stereocenters. The Hall–Kier alpha value is -2.09. The number of hydrogen-bond donors (Lipinski definition) is 0. The minimum absolute atomic E-state index is 0.395. The van der Waals surface area contributed by atoms with Crippen molar-refractivity contribution in [3.63, 3.8) is 0 Å². The van der Waals surface area contributed by atoms with Crippen molar-refractivity contribution in [2.24, 2.45) is 0 Å². The predicted octanol–water partition coefficient (Wildman–Crippen LogP) is 4.27. The lowest BCUT2D eigenvalue weighted by molar-refractivity contribution is 0.190. The maximum absolute atomic E-state index is 5.73. The summed E-state index contributed by atoms with van der Waals surface area (Å²) in [5.41, 5.74) is 2.42. The van der Waals surface area contributed by atoms with E-state index in [1.165, 1.54) is 16.7 Å². The Kier molecular flexibility index (Phi) is 3.65. The highest BCUT2D eigenvalue weighted by Gasteiger charge is 2.27. The van der Waals surface area contributed by atoms with Crippen LogP contribution in [0.15, 0.2) is 48.8 Å². The first-order valence-electron chi connectivity index (χ1n) is 8.42. The van der Waals surface area contributed by atoms with Crippen molar-refractivity contribution in [2.75, 3.05) is 6.54 Å². The van der Waals surface area contributed by atoms with Crippen LogP contribution in [0.2, 0.25) is 0 Å². The van der Waals surface area contributed by atoms with E-state index in [2.05, 4.69) is 38.6 Å². The van der Waals surface area contributed by atoms with E-state index in [9.17, 15) is 0 Å². The number of nitrogens with zero attached hydrogens (tertiary/aromatic N) is 5. The van der Waals surface area contributed by atoms with Gasteiger partial charge < -0.3 is 0 Å². The second-order valence-corrected chi connectivity index (χ2v) is 7.74. The molecule has 0 spiro atoms. The molecule has 0 N–H and O–H groups in total. The first-order valence-corrected chi connectivity index (χ1v) is 9.65. The summed E-state index contributed by atoms with van der Waals surface area (Å²) in [7, 11) is 0. The van der Waals surface area contributed by atoms with Gasteiger partial charge in [-0.15, -0.1) is 5.10 Å². The van der Waals surface area contributed by atoms with Gasteiger partial charge >= 0.3 is 0 Å². The zero-order valence-corrected chi connectivity index (χ0v) is 15.2. The highest BCUT2D eigenvalue weighted by molar-refractivity contribution is 7.71. The number of fused-ring (bicyclic) bond motifs is 3. The molecule has 0 amide bonds. The Morgan fingerprint density at radius 3 is 3.00 bits per heavy atom. The van der Waals surface area contributed by atoms with E-state index in [1.807, 2.05) is 29.2 Å². The second kappa shape index (κ2) is 6.01. The van der Waals surface area contributed by atoms with Gasteiger partial charge in [-0.1, -0.05) is 29.5 Å². The van der Waals surface area contributed by atoms with Crippen LogP contribution in [-0.4, -0.2) is 30.6 Å². The Morgan fingerprint density at radius 1 is 1.20 bits per heavy atom. The highest BCUT2D eigenvalue weighted by Crippen LogP contribution is 2.32. The number of pyridine rings is 1. The van der Waals surface area contributed by atoms with Gasteiger partial charge in [0.1, 0.15) is 0 Å². The molecule has 126 valence electrons. The minimum Gasteiger partial charge on any atom is -0.277 e. The third-order valence-electron chi connectivity index (χ3n) is 4.87. The summed E-state index contributed by atoms with van der Waals surface area (Å²) in [4.78, 5) is 7.69. The molecule has 1 unspecified atom stereocenters. The van der Waals surface area contributed by atoms with Gasteiger partial charge in [0.05, 0.1) is 16.9 Å². The third kappa shape index (κ3) is 2.50. The van der Waals surface area contributed by atoms with Crippen molar-refractivity contribution >= 4 is 38.7 Å². The van der Waals surface area contributed by atoms with Gasteiger partial charge in [-0.25, -0.2) is 4.68 Å². The van der Waals surface area contributed by atoms with Crippen LogP contribution in [0, 0.1) is 4.77 Å². The predicted molar refractivity (Wildman–Crippen MR) is 102 cm³/mol. The van der Waals surface area contributed by atoms with E-state index < -0.39 is 0 Å². The summed E-state index contributed by atoms with van der Waals surface area (Å²) >= 11 is 7.42. The number of likely N-dealkylation sites (tertiary alicyclic amines) is 1. The number of hydrogen-bond acceptors (Lipinski definition) is 5. The molecule has 25 heavy (non-hydrogen) atoms. The maximum Gasteiger partial charge on any atom is 0.216 e. The fraction of sp³-hybridized carbons (Fsp3) is 0.278. The minimum atomic E-state index is 0.395. The molecule has 0 radical (unpaired) electrons. The summed E-state index contributed by atoms with van der Waals surface area (Å²) in [6.07, 6.45) is 6.15. The monoisotopic (exact) mass is 367 g/mol. The molecular weight excluding hydrogens is 350 g/mol. The molecule has 1 fully saturated rings. The third-order valence-corrected chi connectivity index (χ3v) is 6.27. The first-order chi connectivity index (χ1) is 12.3. The molecular formula is C18H17N5S2. The lowest BCUT2D eigenvalue weighted by Gasteiger charge is -2.24. The molecule has 0 aliphatic carbocycles. The first kappa shape index (κ1) is 15.2. The van der Waals surface area contributed by atoms with Gasteiger partial charge in [0.25, 0.3) is 0 Å². The largest absolute Gasteiger partial charge is 0.277 e. The van der Waals surface area contributed by atoms with Gasteiger partial charge in [0.2, 0.25) is 9.73 Å². The molecule has 5 nitrogen and oxygen atoms in total. The summed E-state index contributed by atoms with van der Waals surface area (Å²) in [6, 6.07) is 12.9. The van der Waals surface area contributed by atoms with Crippen LogP contribution >= 0.6 is 23.6 Å². The lowest BCUT2D eigenvalue weighted by Crippen LogP contribution is -2.27. The number of aromatic nitrogens is 4. The van der Waals surface area contributed by atoms with E-state index in [0.717, 1.165) is 34.9 Å². The van der Waals surface area contributed by atoms with Crippen LogP contribution in [0.4, 0.5) is 0 Å². The second-order valence-electron chi connectivity index (χ2n) is 6.37. The molecule has 0 bridgehead atoms. The van der Waals surface area contributed by atoms with Crippen molar-refractivity contribution in [3.05, 3.63) is 59.1 Å². The zero-order chi connectivity index (χ0) is 16.8. The summed E-state index contributed by atoms with van der Waals surface area (Å²) in [5.74, 6) is 0. The number of para-hydroxylation sites is 1. The maximum atomic E-state index is 5.73. The average Bonchev–Trinajstić information content (AvgIpc) is 3.32. The van der Waals surface area contributed by atoms with E-state index in [0.29, 0.717) is 6.04 Å². The van der Waals surface area contributed by atoms with Crippen molar-refractivity contribution in [3.8, 4) is 0 Å². The standard InChI is InChI=1S/C18H17N5S2/c24-18-22(20-17-23(18)15-6-1-2-8-16(15)25-17)12-21-10-4-7-14(21)13-5-3-9-19-11-13/h1-3,5-6,8-9,11,14H,4,7,10,12H2. The Labute approximate surface area is 154 Å². The Balaban J connectivity index is 1.51. The molecule has 1 aliphatic rings. The van der Waals surface area contributed by atoms with Crippen LogP contribution < -0.4 is 0 Å². The zero-order valence-electron chi connectivity index (χ0n) is 13.6. The molecule has 5 rings (SSSR count). The van der Waals surface area contributed by atoms with Crippen LogP contribution in [0.5, 0.6) is 0 Å². The quantitative estimate of drug-likeness (QED) is 0.507. The molecule has 1 aliphatic heterocycles. The van der Waals surface area contributed by atoms with Crippen molar-refractivity contribution in [1.82, 2.24) is 24.1 Å². The van der Waals surface area contributed by atoms with Gasteiger partial charge in [0.15, 0.2) is 0 Å². The summed E-state index contributed by atoms with van der Waals surface area (Å²) < 4.78 is 6.04.